The van der Waals surface area contributed by atoms with Crippen LogP contribution in [0.25, 0.3) is 28.1 Å². The number of nitrogens with zero attached hydrogens (tertiary/aromatic N) is 6. The van der Waals surface area contributed by atoms with Crippen molar-refractivity contribution in [3.8, 4) is 17.1 Å². The van der Waals surface area contributed by atoms with Crippen LogP contribution in [0.4, 0.5) is 5.13 Å². The Bertz CT molecular complexity index is 1470. The predicted molar refractivity (Wildman–Crippen MR) is 136 cm³/mol. The molecule has 0 fully saturated rings. The number of carbonyl (C=O) groups excluding carboxylic acids is 1. The number of hydrogen-bond donors (Lipinski definition) is 1. The lowest BCUT2D eigenvalue weighted by Crippen LogP contribution is -2.14. The molecule has 0 aliphatic heterocycles. The number of para-hydroxylation sites is 1. The molecule has 0 bridgehead atoms. The first-order valence-electron chi connectivity index (χ1n) is 10.4. The van der Waals surface area contributed by atoms with Gasteiger partial charge in [0, 0.05) is 5.56 Å². The Hall–Kier alpha value is -3.34. The molecular formula is C23H18ClN7OS2. The highest BCUT2D eigenvalue weighted by atomic mass is 35.5. The standard InChI is InChI=1S/C23H18ClN7OS2/c1-2-19-29-30-23(34-19)26-18(32)13-33-22-16-12-25-31(14-8-4-3-5-9-14)21(16)27-20(28-22)15-10-6-7-11-17(15)24/h3-12H,2,13H2,1H3,(H,26,30,32). The van der Waals surface area contributed by atoms with E-state index in [2.05, 4.69) is 20.6 Å². The molecule has 0 saturated heterocycles. The molecule has 0 saturated carbocycles. The van der Waals surface area contributed by atoms with Crippen molar-refractivity contribution in [2.75, 3.05) is 11.1 Å². The number of benzene rings is 2. The topological polar surface area (TPSA) is 98.5 Å². The van der Waals surface area contributed by atoms with Gasteiger partial charge in [-0.05, 0) is 30.7 Å². The summed E-state index contributed by atoms with van der Waals surface area (Å²) in [4.78, 5) is 22.1. The normalized spacial score (nSPS) is 11.1. The highest BCUT2D eigenvalue weighted by Gasteiger charge is 2.18. The van der Waals surface area contributed by atoms with E-state index < -0.39 is 0 Å². The van der Waals surface area contributed by atoms with Crippen LogP contribution in [0.5, 0.6) is 0 Å². The van der Waals surface area contributed by atoms with E-state index in [1.165, 1.54) is 23.1 Å². The maximum Gasteiger partial charge on any atom is 0.236 e. The van der Waals surface area contributed by atoms with Crippen LogP contribution >= 0.6 is 34.7 Å². The van der Waals surface area contributed by atoms with Gasteiger partial charge in [0.15, 0.2) is 11.5 Å². The van der Waals surface area contributed by atoms with Crippen molar-refractivity contribution < 1.29 is 4.79 Å². The Balaban J connectivity index is 1.50. The molecule has 0 atom stereocenters. The van der Waals surface area contributed by atoms with Gasteiger partial charge in [-0.25, -0.2) is 14.6 Å². The van der Waals surface area contributed by atoms with Crippen LogP contribution in [-0.2, 0) is 11.2 Å². The first-order chi connectivity index (χ1) is 16.6. The minimum absolute atomic E-state index is 0.144. The van der Waals surface area contributed by atoms with E-state index in [0.29, 0.717) is 32.2 Å². The van der Waals surface area contributed by atoms with Crippen LogP contribution in [0.1, 0.15) is 11.9 Å². The fourth-order valence-corrected chi connectivity index (χ4v) is 4.96. The van der Waals surface area contributed by atoms with Gasteiger partial charge in [0.25, 0.3) is 0 Å². The Morgan fingerprint density at radius 2 is 1.88 bits per heavy atom. The van der Waals surface area contributed by atoms with Gasteiger partial charge < -0.3 is 0 Å². The summed E-state index contributed by atoms with van der Waals surface area (Å²) in [6.07, 6.45) is 2.49. The van der Waals surface area contributed by atoms with Gasteiger partial charge >= 0.3 is 0 Å². The zero-order chi connectivity index (χ0) is 23.5. The van der Waals surface area contributed by atoms with Crippen molar-refractivity contribution in [3.63, 3.8) is 0 Å². The highest BCUT2D eigenvalue weighted by Crippen LogP contribution is 2.32. The summed E-state index contributed by atoms with van der Waals surface area (Å²) in [7, 11) is 0. The summed E-state index contributed by atoms with van der Waals surface area (Å²) < 4.78 is 1.76. The van der Waals surface area contributed by atoms with Gasteiger partial charge in [-0.3, -0.25) is 10.1 Å². The minimum Gasteiger partial charge on any atom is -0.300 e. The van der Waals surface area contributed by atoms with Gasteiger partial charge in [-0.2, -0.15) is 5.10 Å². The molecule has 3 aromatic heterocycles. The molecule has 3 heterocycles. The number of hydrogen-bond acceptors (Lipinski definition) is 8. The molecule has 0 aliphatic carbocycles. The van der Waals surface area contributed by atoms with Crippen molar-refractivity contribution in [1.82, 2.24) is 29.9 Å². The lowest BCUT2D eigenvalue weighted by molar-refractivity contribution is -0.113. The van der Waals surface area contributed by atoms with Crippen LogP contribution in [-0.4, -0.2) is 41.6 Å². The lowest BCUT2D eigenvalue weighted by atomic mass is 10.2. The van der Waals surface area contributed by atoms with Crippen LogP contribution in [0.2, 0.25) is 5.02 Å². The van der Waals surface area contributed by atoms with E-state index in [1.54, 1.807) is 16.9 Å². The number of nitrogens with one attached hydrogen (secondary N) is 1. The van der Waals surface area contributed by atoms with E-state index >= 15 is 0 Å². The van der Waals surface area contributed by atoms with Crippen molar-refractivity contribution in [3.05, 3.63) is 70.8 Å². The molecule has 5 aromatic rings. The molecule has 1 amide bonds. The van der Waals surface area contributed by atoms with Crippen LogP contribution < -0.4 is 5.32 Å². The number of thioether (sulfide) groups is 1. The molecule has 170 valence electrons. The maximum absolute atomic E-state index is 12.6. The fourth-order valence-electron chi connectivity index (χ4n) is 3.25. The van der Waals surface area contributed by atoms with E-state index in [-0.39, 0.29) is 11.7 Å². The summed E-state index contributed by atoms with van der Waals surface area (Å²) in [5.74, 6) is 0.423. The second-order valence-corrected chi connectivity index (χ2v) is 9.59. The van der Waals surface area contributed by atoms with Crippen molar-refractivity contribution >= 4 is 56.8 Å². The summed E-state index contributed by atoms with van der Waals surface area (Å²) in [6.45, 7) is 1.99. The molecule has 5 rings (SSSR count). The van der Waals surface area contributed by atoms with Gasteiger partial charge in [-0.1, -0.05) is 72.0 Å². The number of rotatable bonds is 7. The third kappa shape index (κ3) is 4.65. The maximum atomic E-state index is 12.6. The number of anilines is 1. The quantitative estimate of drug-likeness (QED) is 0.236. The van der Waals surface area contributed by atoms with E-state index in [0.717, 1.165) is 22.5 Å². The third-order valence-corrected chi connectivity index (χ3v) is 7.17. The SMILES string of the molecule is CCc1nnc(NC(=O)CSc2nc(-c3ccccc3Cl)nc3c2cnn3-c2ccccc2)s1. The van der Waals surface area contributed by atoms with E-state index in [9.17, 15) is 4.79 Å². The number of fused-ring (bicyclic) bond motifs is 1. The summed E-state index contributed by atoms with van der Waals surface area (Å²) in [5, 5.41) is 18.7. The second-order valence-electron chi connectivity index (χ2n) is 7.15. The fraction of sp³-hybridized carbons (Fsp3) is 0.130. The molecule has 34 heavy (non-hydrogen) atoms. The number of aromatic nitrogens is 6. The van der Waals surface area contributed by atoms with Gasteiger partial charge in [0.05, 0.1) is 28.0 Å². The average Bonchev–Trinajstić information content (AvgIpc) is 3.50. The molecular weight excluding hydrogens is 490 g/mol. The molecule has 0 aliphatic rings. The molecule has 0 spiro atoms. The van der Waals surface area contributed by atoms with Crippen molar-refractivity contribution in [1.29, 1.82) is 0 Å². The molecule has 1 N–H and O–H groups in total. The average molecular weight is 508 g/mol. The Labute approximate surface area is 208 Å². The zero-order valence-corrected chi connectivity index (χ0v) is 20.4. The number of aryl methyl sites for hydroxylation is 1. The largest absolute Gasteiger partial charge is 0.300 e. The molecule has 0 radical (unpaired) electrons. The Morgan fingerprint density at radius 3 is 2.65 bits per heavy atom. The van der Waals surface area contributed by atoms with Gasteiger partial charge in [-0.15, -0.1) is 10.2 Å². The van der Waals surface area contributed by atoms with Gasteiger partial charge in [0.1, 0.15) is 10.0 Å². The number of amides is 1. The van der Waals surface area contributed by atoms with E-state index in [4.69, 9.17) is 21.6 Å². The van der Waals surface area contributed by atoms with Crippen LogP contribution in [0.3, 0.4) is 0 Å². The second kappa shape index (κ2) is 9.88. The Morgan fingerprint density at radius 1 is 1.09 bits per heavy atom. The van der Waals surface area contributed by atoms with Crippen LogP contribution in [0.15, 0.2) is 65.8 Å². The monoisotopic (exact) mass is 507 g/mol. The summed E-state index contributed by atoms with van der Waals surface area (Å²) in [6, 6.07) is 17.1. The molecule has 2 aromatic carbocycles. The smallest absolute Gasteiger partial charge is 0.236 e. The predicted octanol–water partition coefficient (Wildman–Crippen LogP) is 5.28. The van der Waals surface area contributed by atoms with Crippen molar-refractivity contribution in [2.24, 2.45) is 0 Å². The van der Waals surface area contributed by atoms with Crippen LogP contribution in [0, 0.1) is 0 Å². The van der Waals surface area contributed by atoms with E-state index in [1.807, 2.05) is 55.5 Å². The zero-order valence-electron chi connectivity index (χ0n) is 18.0. The number of halogens is 1. The summed E-state index contributed by atoms with van der Waals surface area (Å²) in [5.41, 5.74) is 2.22. The highest BCUT2D eigenvalue weighted by molar-refractivity contribution is 8.00. The lowest BCUT2D eigenvalue weighted by Gasteiger charge is -2.09. The number of carbonyl (C=O) groups is 1. The first kappa shape index (κ1) is 22.5. The Kier molecular flexibility index (Phi) is 6.52. The molecule has 0 unspecified atom stereocenters. The summed E-state index contributed by atoms with van der Waals surface area (Å²) >= 11 is 9.12. The molecule has 8 nitrogen and oxygen atoms in total. The molecule has 11 heteroatoms. The van der Waals surface area contributed by atoms with Gasteiger partial charge in [0.2, 0.25) is 11.0 Å². The third-order valence-electron chi connectivity index (χ3n) is 4.86. The van der Waals surface area contributed by atoms with Crippen molar-refractivity contribution in [2.45, 2.75) is 18.4 Å². The first-order valence-corrected chi connectivity index (χ1v) is 12.6. The minimum atomic E-state index is -0.190.